The van der Waals surface area contributed by atoms with Gasteiger partial charge < -0.3 is 14.4 Å². The molecule has 13 heavy (non-hydrogen) atoms. The van der Waals surface area contributed by atoms with Crippen LogP contribution in [0.25, 0.3) is 0 Å². The first-order valence-electron chi connectivity index (χ1n) is 4.70. The van der Waals surface area contributed by atoms with Gasteiger partial charge in [0, 0.05) is 6.04 Å². The van der Waals surface area contributed by atoms with Gasteiger partial charge >= 0.3 is 6.09 Å². The summed E-state index contributed by atoms with van der Waals surface area (Å²) in [5.41, 5.74) is 0. The maximum atomic E-state index is 11.4. The van der Waals surface area contributed by atoms with Gasteiger partial charge in [-0.1, -0.05) is 0 Å². The summed E-state index contributed by atoms with van der Waals surface area (Å²) in [5.74, 6) is 0. The van der Waals surface area contributed by atoms with Gasteiger partial charge in [-0.2, -0.15) is 0 Å². The van der Waals surface area contributed by atoms with Gasteiger partial charge in [-0.05, 0) is 20.8 Å². The average molecular weight is 187 g/mol. The van der Waals surface area contributed by atoms with Crippen LogP contribution in [0.2, 0.25) is 0 Å². The number of rotatable bonds is 4. The van der Waals surface area contributed by atoms with Crippen molar-refractivity contribution >= 4 is 6.09 Å². The number of epoxide rings is 1. The van der Waals surface area contributed by atoms with Crippen molar-refractivity contribution in [2.45, 2.75) is 32.9 Å². The molecule has 1 aliphatic rings. The number of hydrogen-bond donors (Lipinski definition) is 0. The van der Waals surface area contributed by atoms with E-state index in [-0.39, 0.29) is 18.2 Å². The summed E-state index contributed by atoms with van der Waals surface area (Å²) in [6.45, 7) is 7.59. The van der Waals surface area contributed by atoms with Crippen LogP contribution in [0.15, 0.2) is 0 Å². The van der Waals surface area contributed by atoms with Crippen LogP contribution < -0.4 is 0 Å². The van der Waals surface area contributed by atoms with Crippen molar-refractivity contribution in [3.8, 4) is 0 Å². The van der Waals surface area contributed by atoms with E-state index in [1.54, 1.807) is 4.90 Å². The molecule has 4 heteroatoms. The highest BCUT2D eigenvalue weighted by Gasteiger charge is 2.29. The van der Waals surface area contributed by atoms with Crippen molar-refractivity contribution in [1.82, 2.24) is 4.90 Å². The highest BCUT2D eigenvalue weighted by molar-refractivity contribution is 5.68. The fraction of sp³-hybridized carbons (Fsp3) is 0.889. The third kappa shape index (κ3) is 3.22. The molecule has 0 aromatic carbocycles. The van der Waals surface area contributed by atoms with E-state index in [1.807, 2.05) is 20.8 Å². The van der Waals surface area contributed by atoms with Crippen LogP contribution in [0, 0.1) is 0 Å². The Morgan fingerprint density at radius 2 is 2.31 bits per heavy atom. The van der Waals surface area contributed by atoms with Crippen molar-refractivity contribution in [3.05, 3.63) is 0 Å². The lowest BCUT2D eigenvalue weighted by Gasteiger charge is -2.24. The van der Waals surface area contributed by atoms with Gasteiger partial charge in [0.1, 0.15) is 0 Å². The Hall–Kier alpha value is -0.770. The summed E-state index contributed by atoms with van der Waals surface area (Å²) in [5, 5.41) is 0. The molecule has 1 aliphatic heterocycles. The molecule has 1 unspecified atom stereocenters. The molecule has 1 saturated heterocycles. The minimum absolute atomic E-state index is 0.170. The van der Waals surface area contributed by atoms with Crippen LogP contribution in [-0.4, -0.2) is 42.9 Å². The van der Waals surface area contributed by atoms with Gasteiger partial charge in [-0.15, -0.1) is 0 Å². The van der Waals surface area contributed by atoms with Gasteiger partial charge in [-0.25, -0.2) is 4.79 Å². The van der Waals surface area contributed by atoms with E-state index in [1.165, 1.54) is 0 Å². The van der Waals surface area contributed by atoms with E-state index >= 15 is 0 Å². The maximum Gasteiger partial charge on any atom is 0.410 e. The Morgan fingerprint density at radius 3 is 2.69 bits per heavy atom. The number of carbonyl (C=O) groups excluding carboxylic acids is 1. The molecule has 0 aliphatic carbocycles. The van der Waals surface area contributed by atoms with Crippen LogP contribution in [0.3, 0.4) is 0 Å². The van der Waals surface area contributed by atoms with E-state index in [0.29, 0.717) is 13.2 Å². The number of carbonyl (C=O) groups is 1. The molecule has 76 valence electrons. The topological polar surface area (TPSA) is 42.1 Å². The zero-order chi connectivity index (χ0) is 9.84. The standard InChI is InChI=1S/C9H17NO3/c1-4-12-9(11)10(7(2)3)5-8-6-13-8/h7-8H,4-6H2,1-3H3. The van der Waals surface area contributed by atoms with Crippen LogP contribution in [0.4, 0.5) is 4.79 Å². The van der Waals surface area contributed by atoms with Crippen LogP contribution >= 0.6 is 0 Å². The second-order valence-electron chi connectivity index (χ2n) is 3.40. The molecule has 1 amide bonds. The van der Waals surface area contributed by atoms with Gasteiger partial charge in [0.05, 0.1) is 25.9 Å². The number of nitrogens with zero attached hydrogens (tertiary/aromatic N) is 1. The molecule has 0 spiro atoms. The van der Waals surface area contributed by atoms with E-state index in [0.717, 1.165) is 6.61 Å². The average Bonchev–Trinajstić information content (AvgIpc) is 2.83. The molecule has 1 rings (SSSR count). The van der Waals surface area contributed by atoms with Crippen molar-refractivity contribution in [3.63, 3.8) is 0 Å². The number of amides is 1. The second-order valence-corrected chi connectivity index (χ2v) is 3.40. The fourth-order valence-electron chi connectivity index (χ4n) is 1.10. The third-order valence-corrected chi connectivity index (χ3v) is 1.93. The van der Waals surface area contributed by atoms with Crippen molar-refractivity contribution in [2.24, 2.45) is 0 Å². The second kappa shape index (κ2) is 4.46. The molecule has 1 heterocycles. The molecule has 0 N–H and O–H groups in total. The molecular formula is C9H17NO3. The normalized spacial score (nSPS) is 20.2. The van der Waals surface area contributed by atoms with E-state index in [9.17, 15) is 4.79 Å². The number of ether oxygens (including phenoxy) is 2. The molecule has 1 fully saturated rings. The highest BCUT2D eigenvalue weighted by Crippen LogP contribution is 2.13. The zero-order valence-electron chi connectivity index (χ0n) is 8.45. The van der Waals surface area contributed by atoms with E-state index < -0.39 is 0 Å². The summed E-state index contributed by atoms with van der Waals surface area (Å²) in [7, 11) is 0. The Kier molecular flexibility index (Phi) is 3.54. The molecule has 0 radical (unpaired) electrons. The lowest BCUT2D eigenvalue weighted by atomic mass is 10.3. The SMILES string of the molecule is CCOC(=O)N(CC1CO1)C(C)C. The lowest BCUT2D eigenvalue weighted by Crippen LogP contribution is -2.40. The van der Waals surface area contributed by atoms with Crippen LogP contribution in [0.5, 0.6) is 0 Å². The smallest absolute Gasteiger partial charge is 0.410 e. The first-order valence-corrected chi connectivity index (χ1v) is 4.70. The molecule has 1 atom stereocenters. The van der Waals surface area contributed by atoms with Crippen LogP contribution in [0.1, 0.15) is 20.8 Å². The van der Waals surface area contributed by atoms with Crippen molar-refractivity contribution < 1.29 is 14.3 Å². The van der Waals surface area contributed by atoms with E-state index in [2.05, 4.69) is 0 Å². The maximum absolute atomic E-state index is 11.4. The lowest BCUT2D eigenvalue weighted by molar-refractivity contribution is 0.0925. The summed E-state index contributed by atoms with van der Waals surface area (Å²) in [6, 6.07) is 0.170. The highest BCUT2D eigenvalue weighted by atomic mass is 16.6. The Morgan fingerprint density at radius 1 is 1.69 bits per heavy atom. The van der Waals surface area contributed by atoms with Gasteiger partial charge in [0.2, 0.25) is 0 Å². The molecule has 0 bridgehead atoms. The molecule has 0 aromatic heterocycles. The summed E-state index contributed by atoms with van der Waals surface area (Å²) >= 11 is 0. The monoisotopic (exact) mass is 187 g/mol. The zero-order valence-corrected chi connectivity index (χ0v) is 8.45. The van der Waals surface area contributed by atoms with E-state index in [4.69, 9.17) is 9.47 Å². The summed E-state index contributed by atoms with van der Waals surface area (Å²) in [6.07, 6.45) is -0.0141. The number of hydrogen-bond acceptors (Lipinski definition) is 3. The Labute approximate surface area is 78.8 Å². The summed E-state index contributed by atoms with van der Waals surface area (Å²) in [4.78, 5) is 13.1. The Bertz CT molecular complexity index is 178. The van der Waals surface area contributed by atoms with Gasteiger partial charge in [-0.3, -0.25) is 0 Å². The molecule has 0 aromatic rings. The largest absolute Gasteiger partial charge is 0.450 e. The summed E-state index contributed by atoms with van der Waals surface area (Å²) < 4.78 is 9.99. The van der Waals surface area contributed by atoms with Gasteiger partial charge in [0.15, 0.2) is 0 Å². The predicted octanol–water partition coefficient (Wildman–Crippen LogP) is 1.25. The predicted molar refractivity (Wildman–Crippen MR) is 48.6 cm³/mol. The molecule has 4 nitrogen and oxygen atoms in total. The fourth-order valence-corrected chi connectivity index (χ4v) is 1.10. The van der Waals surface area contributed by atoms with Crippen molar-refractivity contribution in [1.29, 1.82) is 0 Å². The van der Waals surface area contributed by atoms with Gasteiger partial charge in [0.25, 0.3) is 0 Å². The first-order chi connectivity index (χ1) is 6.15. The quantitative estimate of drug-likeness (QED) is 0.622. The third-order valence-electron chi connectivity index (χ3n) is 1.93. The molecular weight excluding hydrogens is 170 g/mol. The van der Waals surface area contributed by atoms with Crippen molar-refractivity contribution in [2.75, 3.05) is 19.8 Å². The Balaban J connectivity index is 2.39. The minimum Gasteiger partial charge on any atom is -0.450 e. The first kappa shape index (κ1) is 10.3. The molecule has 0 saturated carbocycles. The minimum atomic E-state index is -0.243. The van der Waals surface area contributed by atoms with Crippen LogP contribution in [-0.2, 0) is 9.47 Å².